The third-order valence-corrected chi connectivity index (χ3v) is 2.40. The van der Waals surface area contributed by atoms with E-state index in [9.17, 15) is 9.59 Å². The van der Waals surface area contributed by atoms with Crippen molar-refractivity contribution in [3.05, 3.63) is 0 Å². The zero-order chi connectivity index (χ0) is 12.6. The lowest BCUT2D eigenvalue weighted by Gasteiger charge is -2.20. The Morgan fingerprint density at radius 3 is 2.50 bits per heavy atom. The molecule has 0 bridgehead atoms. The summed E-state index contributed by atoms with van der Waals surface area (Å²) in [6, 6.07) is -0.0324. The summed E-state index contributed by atoms with van der Waals surface area (Å²) in [6.45, 7) is 5.40. The van der Waals surface area contributed by atoms with Crippen LogP contribution in [0.2, 0.25) is 0 Å². The Labute approximate surface area is 102 Å². The second kappa shape index (κ2) is 8.35. The number of carbonyl (C=O) groups is 2. The minimum absolute atomic E-state index is 0.154. The molecule has 6 heteroatoms. The Kier molecular flexibility index (Phi) is 7.93. The summed E-state index contributed by atoms with van der Waals surface area (Å²) in [6.07, 6.45) is 0.154. The van der Waals surface area contributed by atoms with Crippen LogP contribution in [0.1, 0.15) is 20.3 Å². The summed E-state index contributed by atoms with van der Waals surface area (Å²) < 4.78 is 0. The molecule has 0 saturated carbocycles. The van der Waals surface area contributed by atoms with Crippen molar-refractivity contribution in [1.82, 2.24) is 15.5 Å². The van der Waals surface area contributed by atoms with Crippen LogP contribution in [0.25, 0.3) is 0 Å². The quantitative estimate of drug-likeness (QED) is 0.684. The lowest BCUT2D eigenvalue weighted by Crippen LogP contribution is -2.43. The largest absolute Gasteiger partial charge is 0.337 e. The van der Waals surface area contributed by atoms with E-state index < -0.39 is 6.03 Å². The second-order valence-electron chi connectivity index (χ2n) is 3.82. The van der Waals surface area contributed by atoms with Gasteiger partial charge in [0, 0.05) is 31.4 Å². The highest BCUT2D eigenvalue weighted by Crippen LogP contribution is 1.90. The van der Waals surface area contributed by atoms with Gasteiger partial charge in [-0.25, -0.2) is 4.79 Å². The van der Waals surface area contributed by atoms with Gasteiger partial charge in [-0.2, -0.15) is 0 Å². The highest BCUT2D eigenvalue weighted by Gasteiger charge is 2.07. The maximum absolute atomic E-state index is 11.2. The van der Waals surface area contributed by atoms with E-state index in [4.69, 9.17) is 11.6 Å². The number of alkyl halides is 1. The number of likely N-dealkylation sites (N-methyl/N-ethyl adjacent to an activating group) is 1. The Bertz CT molecular complexity index is 234. The summed E-state index contributed by atoms with van der Waals surface area (Å²) in [5.41, 5.74) is 0. The Morgan fingerprint density at radius 1 is 1.38 bits per heavy atom. The Morgan fingerprint density at radius 2 is 2.00 bits per heavy atom. The van der Waals surface area contributed by atoms with Gasteiger partial charge in [0.1, 0.15) is 0 Å². The first-order chi connectivity index (χ1) is 7.47. The summed E-state index contributed by atoms with van der Waals surface area (Å²) >= 11 is 5.36. The molecule has 0 atom stereocenters. The Balaban J connectivity index is 3.62. The standard InChI is InChI=1S/C10H20ClN3O2/c1-8(2)14(3)7-6-12-10(16)13-9(15)4-5-11/h8H,4-7H2,1-3H3,(H2,12,13,15,16). The summed E-state index contributed by atoms with van der Waals surface area (Å²) in [5.74, 6) is -0.139. The molecule has 0 aromatic heterocycles. The molecular weight excluding hydrogens is 230 g/mol. The van der Waals surface area contributed by atoms with Gasteiger partial charge in [-0.15, -0.1) is 11.6 Å². The molecule has 0 rings (SSSR count). The van der Waals surface area contributed by atoms with E-state index in [0.29, 0.717) is 12.6 Å². The monoisotopic (exact) mass is 249 g/mol. The molecule has 3 amide bonds. The van der Waals surface area contributed by atoms with Crippen LogP contribution in [-0.4, -0.2) is 48.9 Å². The van der Waals surface area contributed by atoms with E-state index >= 15 is 0 Å². The molecule has 94 valence electrons. The maximum atomic E-state index is 11.2. The molecule has 2 N–H and O–H groups in total. The van der Waals surface area contributed by atoms with E-state index in [-0.39, 0.29) is 18.2 Å². The smallest absolute Gasteiger partial charge is 0.321 e. The number of amides is 3. The van der Waals surface area contributed by atoms with E-state index in [2.05, 4.69) is 29.4 Å². The van der Waals surface area contributed by atoms with E-state index in [1.54, 1.807) is 0 Å². The highest BCUT2D eigenvalue weighted by atomic mass is 35.5. The van der Waals surface area contributed by atoms with Crippen molar-refractivity contribution in [3.8, 4) is 0 Å². The van der Waals surface area contributed by atoms with Crippen LogP contribution >= 0.6 is 11.6 Å². The lowest BCUT2D eigenvalue weighted by atomic mass is 10.3. The predicted molar refractivity (Wildman–Crippen MR) is 64.6 cm³/mol. The van der Waals surface area contributed by atoms with E-state index in [1.807, 2.05) is 7.05 Å². The SMILES string of the molecule is CC(C)N(C)CCNC(=O)NC(=O)CCCl. The van der Waals surface area contributed by atoms with Crippen molar-refractivity contribution in [2.24, 2.45) is 0 Å². The number of halogens is 1. The topological polar surface area (TPSA) is 61.4 Å². The fourth-order valence-corrected chi connectivity index (χ4v) is 1.09. The van der Waals surface area contributed by atoms with Crippen molar-refractivity contribution in [2.45, 2.75) is 26.3 Å². The minimum atomic E-state index is -0.465. The molecule has 0 spiro atoms. The minimum Gasteiger partial charge on any atom is -0.337 e. The number of nitrogens with zero attached hydrogens (tertiary/aromatic N) is 1. The predicted octanol–water partition coefficient (Wildman–Crippen LogP) is 0.781. The van der Waals surface area contributed by atoms with Gasteiger partial charge >= 0.3 is 6.03 Å². The van der Waals surface area contributed by atoms with Gasteiger partial charge in [0.05, 0.1) is 0 Å². The van der Waals surface area contributed by atoms with Crippen molar-refractivity contribution < 1.29 is 9.59 Å². The molecule has 0 unspecified atom stereocenters. The second-order valence-corrected chi connectivity index (χ2v) is 4.20. The molecule has 0 aliphatic rings. The number of hydrogen-bond acceptors (Lipinski definition) is 3. The first kappa shape index (κ1) is 15.2. The van der Waals surface area contributed by atoms with Crippen LogP contribution in [0.5, 0.6) is 0 Å². The third-order valence-electron chi connectivity index (χ3n) is 2.21. The van der Waals surface area contributed by atoms with Gasteiger partial charge in [-0.1, -0.05) is 0 Å². The van der Waals surface area contributed by atoms with Gasteiger partial charge in [-0.05, 0) is 20.9 Å². The molecule has 5 nitrogen and oxygen atoms in total. The summed E-state index contributed by atoms with van der Waals surface area (Å²) in [4.78, 5) is 24.3. The first-order valence-electron chi connectivity index (χ1n) is 5.31. The van der Waals surface area contributed by atoms with E-state index in [1.165, 1.54) is 0 Å². The van der Waals surface area contributed by atoms with Gasteiger partial charge in [-0.3, -0.25) is 10.1 Å². The average molecular weight is 250 g/mol. The molecular formula is C10H20ClN3O2. The fraction of sp³-hybridized carbons (Fsp3) is 0.800. The van der Waals surface area contributed by atoms with Gasteiger partial charge in [0.2, 0.25) is 5.91 Å². The number of hydrogen-bond donors (Lipinski definition) is 2. The maximum Gasteiger partial charge on any atom is 0.321 e. The number of nitrogens with one attached hydrogen (secondary N) is 2. The normalized spacial score (nSPS) is 10.6. The average Bonchev–Trinajstić information content (AvgIpc) is 2.17. The van der Waals surface area contributed by atoms with Crippen LogP contribution in [0.3, 0.4) is 0 Å². The molecule has 0 radical (unpaired) electrons. The first-order valence-corrected chi connectivity index (χ1v) is 5.84. The fourth-order valence-electron chi connectivity index (χ4n) is 0.923. The number of rotatable bonds is 6. The number of carbonyl (C=O) groups excluding carboxylic acids is 2. The van der Waals surface area contributed by atoms with Crippen LogP contribution < -0.4 is 10.6 Å². The summed E-state index contributed by atoms with van der Waals surface area (Å²) in [7, 11) is 1.98. The molecule has 16 heavy (non-hydrogen) atoms. The number of urea groups is 1. The van der Waals surface area contributed by atoms with Gasteiger partial charge in [0.15, 0.2) is 0 Å². The van der Waals surface area contributed by atoms with E-state index in [0.717, 1.165) is 6.54 Å². The third kappa shape index (κ3) is 7.48. The van der Waals surface area contributed by atoms with Crippen LogP contribution in [0.15, 0.2) is 0 Å². The molecule has 0 fully saturated rings. The number of imide groups is 1. The zero-order valence-corrected chi connectivity index (χ0v) is 10.8. The van der Waals surface area contributed by atoms with Crippen molar-refractivity contribution in [1.29, 1.82) is 0 Å². The van der Waals surface area contributed by atoms with Crippen LogP contribution in [0.4, 0.5) is 4.79 Å². The molecule has 0 aliphatic carbocycles. The molecule has 0 heterocycles. The van der Waals surface area contributed by atoms with Crippen LogP contribution in [-0.2, 0) is 4.79 Å². The molecule has 0 aliphatic heterocycles. The molecule has 0 aromatic carbocycles. The van der Waals surface area contributed by atoms with Gasteiger partial charge < -0.3 is 10.2 Å². The highest BCUT2D eigenvalue weighted by molar-refractivity contribution is 6.19. The molecule has 0 aromatic rings. The van der Waals surface area contributed by atoms with Crippen LogP contribution in [0, 0.1) is 0 Å². The zero-order valence-electron chi connectivity index (χ0n) is 10.0. The van der Waals surface area contributed by atoms with Crippen molar-refractivity contribution in [2.75, 3.05) is 26.0 Å². The lowest BCUT2D eigenvalue weighted by molar-refractivity contribution is -0.119. The summed E-state index contributed by atoms with van der Waals surface area (Å²) in [5, 5.41) is 4.79. The Hall–Kier alpha value is -0.810. The van der Waals surface area contributed by atoms with Crippen molar-refractivity contribution >= 4 is 23.5 Å². The van der Waals surface area contributed by atoms with Crippen molar-refractivity contribution in [3.63, 3.8) is 0 Å². The molecule has 0 saturated heterocycles. The van der Waals surface area contributed by atoms with Gasteiger partial charge in [0.25, 0.3) is 0 Å².